The molecule has 0 radical (unpaired) electrons. The normalized spacial score (nSPS) is 26.9. The quantitative estimate of drug-likeness (QED) is 0.731. The molecule has 4 N–H and O–H groups in total. The van der Waals surface area contributed by atoms with Crippen LogP contribution in [0, 0.1) is 17.6 Å². The van der Waals surface area contributed by atoms with Gasteiger partial charge in [0.05, 0.1) is 6.34 Å². The molecule has 0 spiro atoms. The van der Waals surface area contributed by atoms with E-state index >= 15 is 0 Å². The van der Waals surface area contributed by atoms with Crippen LogP contribution < -0.4 is 16.4 Å². The second kappa shape index (κ2) is 4.94. The van der Waals surface area contributed by atoms with Crippen LogP contribution >= 0.6 is 0 Å². The number of rotatable bonds is 2. The molecule has 0 aromatic heterocycles. The Labute approximate surface area is 123 Å². The maximum absolute atomic E-state index is 13.1. The van der Waals surface area contributed by atoms with Crippen molar-refractivity contribution < 1.29 is 17.6 Å². The van der Waals surface area contributed by atoms with E-state index in [2.05, 4.69) is 20.6 Å². The van der Waals surface area contributed by atoms with E-state index in [1.54, 1.807) is 0 Å². The van der Waals surface area contributed by atoms with Gasteiger partial charge in [0, 0.05) is 30.5 Å². The molecule has 0 amide bonds. The van der Waals surface area contributed by atoms with Crippen LogP contribution in [0.25, 0.3) is 0 Å². The van der Waals surface area contributed by atoms with E-state index in [0.717, 1.165) is 18.2 Å². The summed E-state index contributed by atoms with van der Waals surface area (Å²) in [6, 6.07) is 2.86. The van der Waals surface area contributed by atoms with E-state index in [-0.39, 0.29) is 11.6 Å². The number of halogens is 4. The van der Waals surface area contributed by atoms with E-state index in [4.69, 9.17) is 5.73 Å². The van der Waals surface area contributed by atoms with Crippen molar-refractivity contribution in [2.75, 3.05) is 5.32 Å². The number of hydrogen-bond donors (Lipinski definition) is 3. The van der Waals surface area contributed by atoms with Gasteiger partial charge >= 0.3 is 0 Å². The molecule has 0 bridgehead atoms. The molecule has 1 aliphatic carbocycles. The van der Waals surface area contributed by atoms with Gasteiger partial charge in [-0.3, -0.25) is 5.73 Å². The second-order valence-corrected chi connectivity index (χ2v) is 5.39. The number of alkyl halides is 2. The van der Waals surface area contributed by atoms with Crippen molar-refractivity contribution in [1.29, 1.82) is 0 Å². The zero-order valence-electron chi connectivity index (χ0n) is 11.3. The summed E-state index contributed by atoms with van der Waals surface area (Å²) >= 11 is 0. The van der Waals surface area contributed by atoms with Crippen molar-refractivity contribution in [2.45, 2.75) is 24.6 Å². The lowest BCUT2D eigenvalue weighted by atomic mass is 9.76. The highest BCUT2D eigenvalue weighted by Crippen LogP contribution is 2.47. The summed E-state index contributed by atoms with van der Waals surface area (Å²) < 4.78 is 52.2. The Kier molecular flexibility index (Phi) is 3.32. The number of nitrogens with one attached hydrogen (secondary N) is 2. The lowest BCUT2D eigenvalue weighted by Crippen LogP contribution is -2.57. The van der Waals surface area contributed by atoms with Gasteiger partial charge in [0.2, 0.25) is 17.7 Å². The summed E-state index contributed by atoms with van der Waals surface area (Å²) in [6.45, 7) is 0. The first-order chi connectivity index (χ1) is 10.3. The van der Waals surface area contributed by atoms with Crippen LogP contribution in [-0.4, -0.2) is 24.0 Å². The van der Waals surface area contributed by atoms with Gasteiger partial charge in [0.25, 0.3) is 0 Å². The van der Waals surface area contributed by atoms with Gasteiger partial charge in [-0.1, -0.05) is 0 Å². The molecule has 1 heterocycles. The molecule has 118 valence electrons. The average molecular weight is 315 g/mol. The van der Waals surface area contributed by atoms with Crippen LogP contribution in [0.4, 0.5) is 23.2 Å². The molecule has 1 fully saturated rings. The summed E-state index contributed by atoms with van der Waals surface area (Å²) in [5.41, 5.74) is 6.05. The Morgan fingerprint density at radius 3 is 2.41 bits per heavy atom. The second-order valence-electron chi connectivity index (χ2n) is 5.39. The third kappa shape index (κ3) is 2.89. The third-order valence-electron chi connectivity index (χ3n) is 3.58. The van der Waals surface area contributed by atoms with Gasteiger partial charge in [-0.2, -0.15) is 0 Å². The number of aliphatic imine (C=N–C) groups is 2. The first-order valence-electron chi connectivity index (χ1n) is 6.56. The zero-order chi connectivity index (χ0) is 16.0. The Hall–Kier alpha value is -2.16. The van der Waals surface area contributed by atoms with Gasteiger partial charge in [-0.25, -0.2) is 27.5 Å². The molecule has 22 heavy (non-hydrogen) atoms. The van der Waals surface area contributed by atoms with Crippen LogP contribution in [0.1, 0.15) is 12.8 Å². The monoisotopic (exact) mass is 315 g/mol. The highest BCUT2D eigenvalue weighted by Gasteiger charge is 2.54. The minimum Gasteiger partial charge on any atom is -0.326 e. The Morgan fingerprint density at radius 2 is 1.82 bits per heavy atom. The van der Waals surface area contributed by atoms with Crippen LogP contribution in [-0.2, 0) is 0 Å². The predicted molar refractivity (Wildman–Crippen MR) is 73.6 cm³/mol. The molecule has 9 heteroatoms. The van der Waals surface area contributed by atoms with Gasteiger partial charge in [0.1, 0.15) is 11.6 Å². The number of benzene rings is 1. The molecule has 2 aliphatic rings. The van der Waals surface area contributed by atoms with Crippen LogP contribution in [0.2, 0.25) is 0 Å². The van der Waals surface area contributed by atoms with Crippen molar-refractivity contribution in [2.24, 2.45) is 21.6 Å². The van der Waals surface area contributed by atoms with Crippen LogP contribution in [0.15, 0.2) is 28.2 Å². The lowest BCUT2D eigenvalue weighted by molar-refractivity contribution is -0.129. The molecular weight excluding hydrogens is 302 g/mol. The van der Waals surface area contributed by atoms with E-state index in [1.807, 2.05) is 0 Å². The molecular formula is C13H13F4N5. The smallest absolute Gasteiger partial charge is 0.249 e. The number of anilines is 1. The minimum absolute atomic E-state index is 0.0812. The van der Waals surface area contributed by atoms with Crippen molar-refractivity contribution >= 4 is 18.0 Å². The molecule has 1 saturated carbocycles. The summed E-state index contributed by atoms with van der Waals surface area (Å²) in [7, 11) is 0. The standard InChI is InChI=1S/C13H13F4N5/c14-8-1-9(15)3-10(2-8)21-11-19-6-20-13(18,22-11)7-4-12(16,17)5-7/h1-3,6-7H,4-5,18H2,(H2,19,20,21,22). The van der Waals surface area contributed by atoms with E-state index < -0.39 is 42.1 Å². The summed E-state index contributed by atoms with van der Waals surface area (Å²) in [4.78, 5) is 7.96. The number of hydrogen-bond acceptors (Lipinski definition) is 5. The first-order valence-corrected chi connectivity index (χ1v) is 6.56. The lowest BCUT2D eigenvalue weighted by Gasteiger charge is -2.42. The Balaban J connectivity index is 1.77. The van der Waals surface area contributed by atoms with Crippen LogP contribution in [0.5, 0.6) is 0 Å². The Morgan fingerprint density at radius 1 is 1.18 bits per heavy atom. The van der Waals surface area contributed by atoms with Crippen molar-refractivity contribution in [1.82, 2.24) is 5.32 Å². The van der Waals surface area contributed by atoms with Gasteiger partial charge in [0.15, 0.2) is 0 Å². The number of guanidine groups is 1. The average Bonchev–Trinajstić information content (AvgIpc) is 2.34. The fourth-order valence-corrected chi connectivity index (χ4v) is 2.42. The maximum Gasteiger partial charge on any atom is 0.249 e. The SMILES string of the molecule is NC1(C2CC(F)(F)C2)N=CNC(Nc2cc(F)cc(F)c2)=N1. The van der Waals surface area contributed by atoms with E-state index in [1.165, 1.54) is 6.34 Å². The van der Waals surface area contributed by atoms with Gasteiger partial charge in [-0.15, -0.1) is 0 Å². The van der Waals surface area contributed by atoms with E-state index in [0.29, 0.717) is 0 Å². The largest absolute Gasteiger partial charge is 0.326 e. The minimum atomic E-state index is -2.74. The zero-order valence-corrected chi connectivity index (χ0v) is 11.3. The summed E-state index contributed by atoms with van der Waals surface area (Å²) in [6.07, 6.45) is 0.430. The van der Waals surface area contributed by atoms with Gasteiger partial charge < -0.3 is 10.6 Å². The molecule has 1 aliphatic heterocycles. The highest BCUT2D eigenvalue weighted by atomic mass is 19.3. The molecule has 1 unspecified atom stereocenters. The molecule has 5 nitrogen and oxygen atoms in total. The predicted octanol–water partition coefficient (Wildman–Crippen LogP) is 2.02. The fraction of sp³-hybridized carbons (Fsp3) is 0.385. The third-order valence-corrected chi connectivity index (χ3v) is 3.58. The molecule has 0 saturated heterocycles. The summed E-state index contributed by atoms with van der Waals surface area (Å²) in [5.74, 6) is -6.29. The van der Waals surface area contributed by atoms with Gasteiger partial charge in [-0.05, 0) is 12.1 Å². The highest BCUT2D eigenvalue weighted by molar-refractivity contribution is 6.01. The first kappa shape index (κ1) is 14.8. The van der Waals surface area contributed by atoms with E-state index in [9.17, 15) is 17.6 Å². The molecule has 3 rings (SSSR count). The number of nitrogens with two attached hydrogens (primary N) is 1. The van der Waals surface area contributed by atoms with Crippen molar-refractivity contribution in [3.63, 3.8) is 0 Å². The fourth-order valence-electron chi connectivity index (χ4n) is 2.42. The number of nitrogens with zero attached hydrogens (tertiary/aromatic N) is 2. The van der Waals surface area contributed by atoms with Crippen molar-refractivity contribution in [3.8, 4) is 0 Å². The molecule has 1 aromatic rings. The molecule has 1 aromatic carbocycles. The van der Waals surface area contributed by atoms with Crippen molar-refractivity contribution in [3.05, 3.63) is 29.8 Å². The van der Waals surface area contributed by atoms with Crippen LogP contribution in [0.3, 0.4) is 0 Å². The topological polar surface area (TPSA) is 74.8 Å². The molecule has 1 atom stereocenters. The maximum atomic E-state index is 13.1. The summed E-state index contributed by atoms with van der Waals surface area (Å²) in [5, 5.41) is 5.26. The Bertz CT molecular complexity index is 632.